The van der Waals surface area contributed by atoms with Crippen LogP contribution in [0.4, 0.5) is 0 Å². The highest BCUT2D eigenvalue weighted by atomic mass is 32.2. The minimum atomic E-state index is 0.213. The molecule has 14 heavy (non-hydrogen) atoms. The third-order valence-electron chi connectivity index (χ3n) is 2.48. The fourth-order valence-corrected chi connectivity index (χ4v) is 2.70. The monoisotopic (exact) mass is 234 g/mol. The van der Waals surface area contributed by atoms with E-state index in [1.54, 1.807) is 0 Å². The first kappa shape index (κ1) is 14.4. The van der Waals surface area contributed by atoms with Crippen LogP contribution in [0.2, 0.25) is 0 Å². The number of ketones is 1. The van der Waals surface area contributed by atoms with Gasteiger partial charge in [-0.1, -0.05) is 20.8 Å². The van der Waals surface area contributed by atoms with Crippen LogP contribution < -0.4 is 0 Å². The van der Waals surface area contributed by atoms with E-state index in [4.69, 9.17) is 0 Å². The lowest BCUT2D eigenvalue weighted by atomic mass is 9.91. The average molecular weight is 234 g/mol. The Hall–Kier alpha value is 0.370. The van der Waals surface area contributed by atoms with Crippen molar-refractivity contribution in [2.75, 3.05) is 17.3 Å². The van der Waals surface area contributed by atoms with Crippen molar-refractivity contribution in [2.45, 2.75) is 33.6 Å². The summed E-state index contributed by atoms with van der Waals surface area (Å²) in [6.07, 6.45) is 1.97. The topological polar surface area (TPSA) is 17.1 Å². The summed E-state index contributed by atoms with van der Waals surface area (Å²) in [6.45, 7) is 6.24. The van der Waals surface area contributed by atoms with Crippen molar-refractivity contribution in [3.05, 3.63) is 0 Å². The molecule has 84 valence electrons. The van der Waals surface area contributed by atoms with Crippen LogP contribution in [0.15, 0.2) is 0 Å². The first-order valence-electron chi connectivity index (χ1n) is 5.39. The number of rotatable bonds is 8. The summed E-state index contributed by atoms with van der Waals surface area (Å²) in [5, 5.41) is 0. The number of Topliss-reactive ketones (excluding diaryl/α,β-unsaturated/α-hetero) is 1. The van der Waals surface area contributed by atoms with Crippen LogP contribution in [-0.2, 0) is 4.79 Å². The van der Waals surface area contributed by atoms with Crippen LogP contribution in [0.25, 0.3) is 0 Å². The molecule has 1 atom stereocenters. The van der Waals surface area contributed by atoms with Crippen molar-refractivity contribution in [3.63, 3.8) is 0 Å². The molecule has 0 bridgehead atoms. The molecule has 0 heterocycles. The van der Waals surface area contributed by atoms with Crippen molar-refractivity contribution in [2.24, 2.45) is 11.8 Å². The Bertz CT molecular complexity index is 155. The second-order valence-corrected chi connectivity index (χ2v) is 5.21. The third kappa shape index (κ3) is 5.30. The smallest absolute Gasteiger partial charge is 0.139 e. The Balaban J connectivity index is 3.84. The van der Waals surface area contributed by atoms with E-state index in [0.717, 1.165) is 30.1 Å². The Labute approximate surface area is 97.8 Å². The van der Waals surface area contributed by atoms with Crippen LogP contribution >= 0.6 is 24.4 Å². The standard InChI is InChI=1S/C11H22OS2/c1-4-10(5-2)11(12)9(3)8-14-7-6-13/h9-10,13H,4-8H2,1-3H3. The molecule has 0 amide bonds. The van der Waals surface area contributed by atoms with Gasteiger partial charge in [0.15, 0.2) is 0 Å². The minimum absolute atomic E-state index is 0.213. The Morgan fingerprint density at radius 3 is 2.36 bits per heavy atom. The predicted octanol–water partition coefficient (Wildman–Crippen LogP) is 3.29. The molecular weight excluding hydrogens is 212 g/mol. The molecule has 0 saturated carbocycles. The number of carbonyl (C=O) groups is 1. The fourth-order valence-electron chi connectivity index (χ4n) is 1.50. The molecule has 0 fully saturated rings. The molecule has 0 aromatic carbocycles. The summed E-state index contributed by atoms with van der Waals surface area (Å²) in [4.78, 5) is 11.9. The third-order valence-corrected chi connectivity index (χ3v) is 4.23. The predicted molar refractivity (Wildman–Crippen MR) is 69.4 cm³/mol. The quantitative estimate of drug-likeness (QED) is 0.513. The number of carbonyl (C=O) groups excluding carboxylic acids is 1. The van der Waals surface area contributed by atoms with Crippen molar-refractivity contribution in [1.29, 1.82) is 0 Å². The van der Waals surface area contributed by atoms with Gasteiger partial charge in [-0.2, -0.15) is 24.4 Å². The van der Waals surface area contributed by atoms with Gasteiger partial charge in [-0.25, -0.2) is 0 Å². The van der Waals surface area contributed by atoms with Gasteiger partial charge in [0, 0.05) is 23.3 Å². The molecule has 0 aliphatic rings. The molecule has 0 saturated heterocycles. The molecule has 1 nitrogen and oxygen atoms in total. The first-order valence-corrected chi connectivity index (χ1v) is 7.18. The van der Waals surface area contributed by atoms with Crippen molar-refractivity contribution in [1.82, 2.24) is 0 Å². The van der Waals surface area contributed by atoms with Crippen LogP contribution in [0.5, 0.6) is 0 Å². The molecule has 3 heteroatoms. The van der Waals surface area contributed by atoms with Crippen LogP contribution in [0, 0.1) is 11.8 Å². The molecule has 0 radical (unpaired) electrons. The summed E-state index contributed by atoms with van der Waals surface area (Å²) in [7, 11) is 0. The lowest BCUT2D eigenvalue weighted by molar-refractivity contribution is -0.125. The minimum Gasteiger partial charge on any atom is -0.299 e. The fraction of sp³-hybridized carbons (Fsp3) is 0.909. The Morgan fingerprint density at radius 2 is 1.93 bits per heavy atom. The van der Waals surface area contributed by atoms with E-state index in [2.05, 4.69) is 26.5 Å². The van der Waals surface area contributed by atoms with E-state index < -0.39 is 0 Å². The summed E-state index contributed by atoms with van der Waals surface area (Å²) in [5.41, 5.74) is 0. The van der Waals surface area contributed by atoms with Gasteiger partial charge in [0.1, 0.15) is 5.78 Å². The SMILES string of the molecule is CCC(CC)C(=O)C(C)CSCCS. The molecule has 0 aromatic heterocycles. The van der Waals surface area contributed by atoms with Gasteiger partial charge in [0.25, 0.3) is 0 Å². The number of hydrogen-bond acceptors (Lipinski definition) is 3. The van der Waals surface area contributed by atoms with Gasteiger partial charge in [-0.05, 0) is 18.6 Å². The van der Waals surface area contributed by atoms with E-state index in [0.29, 0.717) is 5.78 Å². The van der Waals surface area contributed by atoms with Gasteiger partial charge in [0.05, 0.1) is 0 Å². The molecule has 0 aliphatic carbocycles. The van der Waals surface area contributed by atoms with Crippen molar-refractivity contribution in [3.8, 4) is 0 Å². The van der Waals surface area contributed by atoms with Gasteiger partial charge >= 0.3 is 0 Å². The first-order chi connectivity index (χ1) is 6.67. The molecule has 0 aromatic rings. The lowest BCUT2D eigenvalue weighted by Crippen LogP contribution is -2.22. The van der Waals surface area contributed by atoms with E-state index in [1.807, 2.05) is 18.7 Å². The normalized spacial score (nSPS) is 13.2. The van der Waals surface area contributed by atoms with E-state index in [9.17, 15) is 4.79 Å². The molecule has 0 rings (SSSR count). The summed E-state index contributed by atoms with van der Waals surface area (Å²) < 4.78 is 0. The summed E-state index contributed by atoms with van der Waals surface area (Å²) in [5.74, 6) is 3.84. The number of thioether (sulfide) groups is 1. The highest BCUT2D eigenvalue weighted by Crippen LogP contribution is 2.18. The van der Waals surface area contributed by atoms with E-state index in [-0.39, 0.29) is 11.8 Å². The van der Waals surface area contributed by atoms with Crippen LogP contribution in [0.3, 0.4) is 0 Å². The molecule has 0 aliphatic heterocycles. The van der Waals surface area contributed by atoms with Gasteiger partial charge in [-0.15, -0.1) is 0 Å². The second-order valence-electron chi connectivity index (χ2n) is 3.62. The molecule has 0 spiro atoms. The zero-order valence-corrected chi connectivity index (χ0v) is 11.2. The maximum atomic E-state index is 11.9. The number of hydrogen-bond donors (Lipinski definition) is 1. The molecular formula is C11H22OS2. The molecule has 1 unspecified atom stereocenters. The second kappa shape index (κ2) is 8.66. The lowest BCUT2D eigenvalue weighted by Gasteiger charge is -2.16. The van der Waals surface area contributed by atoms with Gasteiger partial charge in [-0.3, -0.25) is 4.79 Å². The Kier molecular flexibility index (Phi) is 8.89. The maximum absolute atomic E-state index is 11.9. The Morgan fingerprint density at radius 1 is 1.36 bits per heavy atom. The summed E-state index contributed by atoms with van der Waals surface area (Å²) >= 11 is 5.98. The zero-order valence-electron chi connectivity index (χ0n) is 9.45. The van der Waals surface area contributed by atoms with Crippen LogP contribution in [-0.4, -0.2) is 23.0 Å². The zero-order chi connectivity index (χ0) is 11.0. The molecule has 0 N–H and O–H groups in total. The highest BCUT2D eigenvalue weighted by Gasteiger charge is 2.20. The summed E-state index contributed by atoms with van der Waals surface area (Å²) in [6, 6.07) is 0. The van der Waals surface area contributed by atoms with Gasteiger partial charge < -0.3 is 0 Å². The largest absolute Gasteiger partial charge is 0.299 e. The highest BCUT2D eigenvalue weighted by molar-refractivity contribution is 8.00. The van der Waals surface area contributed by atoms with Crippen molar-refractivity contribution < 1.29 is 4.79 Å². The maximum Gasteiger partial charge on any atom is 0.139 e. The van der Waals surface area contributed by atoms with Gasteiger partial charge in [0.2, 0.25) is 0 Å². The average Bonchev–Trinajstić information content (AvgIpc) is 2.19. The van der Waals surface area contributed by atoms with E-state index in [1.165, 1.54) is 0 Å². The van der Waals surface area contributed by atoms with Crippen molar-refractivity contribution >= 4 is 30.2 Å². The van der Waals surface area contributed by atoms with E-state index >= 15 is 0 Å². The number of thiol groups is 1. The van der Waals surface area contributed by atoms with Crippen LogP contribution in [0.1, 0.15) is 33.6 Å².